The Morgan fingerprint density at radius 2 is 1.96 bits per heavy atom. The van der Waals surface area contributed by atoms with Crippen molar-refractivity contribution >= 4 is 0 Å². The number of ether oxygens (including phenoxy) is 4. The third-order valence-electron chi connectivity index (χ3n) is 4.28. The second-order valence-corrected chi connectivity index (χ2v) is 6.39. The van der Waals surface area contributed by atoms with Crippen LogP contribution in [0.5, 0.6) is 5.75 Å². The lowest BCUT2D eigenvalue weighted by molar-refractivity contribution is -0.301. The van der Waals surface area contributed by atoms with Gasteiger partial charge in [-0.05, 0) is 31.9 Å². The number of alkyl halides is 4. The molecule has 1 aromatic rings. The number of halogens is 5. The van der Waals surface area contributed by atoms with Crippen LogP contribution in [-0.2, 0) is 20.3 Å². The van der Waals surface area contributed by atoms with Crippen molar-refractivity contribution in [2.75, 3.05) is 19.8 Å². The second kappa shape index (κ2) is 10.4. The topological polar surface area (TPSA) is 36.9 Å². The van der Waals surface area contributed by atoms with Crippen molar-refractivity contribution in [3.63, 3.8) is 0 Å². The van der Waals surface area contributed by atoms with Gasteiger partial charge in [-0.3, -0.25) is 0 Å². The maximum Gasteiger partial charge on any atom is 0.386 e. The Bertz CT molecular complexity index is 619. The lowest BCUT2D eigenvalue weighted by atomic mass is 10.1. The number of unbranched alkanes of at least 4 members (excludes halogenated alkanes) is 1. The summed E-state index contributed by atoms with van der Waals surface area (Å²) in [6.45, 7) is 3.87. The van der Waals surface area contributed by atoms with Gasteiger partial charge in [0.15, 0.2) is 6.29 Å². The fourth-order valence-electron chi connectivity index (χ4n) is 2.84. The van der Waals surface area contributed by atoms with Crippen molar-refractivity contribution in [1.82, 2.24) is 0 Å². The molecule has 4 nitrogen and oxygen atoms in total. The zero-order valence-corrected chi connectivity index (χ0v) is 15.9. The first-order chi connectivity index (χ1) is 13.3. The molecule has 2 rings (SSSR count). The first-order valence-electron chi connectivity index (χ1n) is 9.32. The summed E-state index contributed by atoms with van der Waals surface area (Å²) >= 11 is 0. The van der Waals surface area contributed by atoms with Gasteiger partial charge < -0.3 is 18.9 Å². The van der Waals surface area contributed by atoms with Crippen LogP contribution in [0.15, 0.2) is 12.1 Å². The van der Waals surface area contributed by atoms with Gasteiger partial charge >= 0.3 is 6.11 Å². The number of rotatable bonds is 10. The molecule has 9 heteroatoms. The minimum atomic E-state index is -4.09. The Hall–Kier alpha value is -1.45. The zero-order chi connectivity index (χ0) is 20.7. The summed E-state index contributed by atoms with van der Waals surface area (Å²) < 4.78 is 90.1. The number of benzene rings is 1. The summed E-state index contributed by atoms with van der Waals surface area (Å²) in [5.74, 6) is -2.20. The van der Waals surface area contributed by atoms with E-state index in [-0.39, 0.29) is 19.6 Å². The molecule has 1 fully saturated rings. The first kappa shape index (κ1) is 22.8. The highest BCUT2D eigenvalue weighted by molar-refractivity contribution is 5.41. The minimum Gasteiger partial charge on any atom is -0.493 e. The fraction of sp³-hybridized carbons (Fsp3) is 0.684. The fourth-order valence-corrected chi connectivity index (χ4v) is 2.84. The summed E-state index contributed by atoms with van der Waals surface area (Å²) in [5.41, 5.74) is -2.46. The molecule has 1 saturated heterocycles. The molecular weight excluding hydrogens is 387 g/mol. The molecule has 2 atom stereocenters. The number of hydrogen-bond donors (Lipinski definition) is 0. The van der Waals surface area contributed by atoms with Crippen molar-refractivity contribution in [1.29, 1.82) is 0 Å². The van der Waals surface area contributed by atoms with Gasteiger partial charge in [-0.25, -0.2) is 13.2 Å². The molecule has 0 aliphatic carbocycles. The highest BCUT2D eigenvalue weighted by Gasteiger charge is 2.42. The van der Waals surface area contributed by atoms with Crippen LogP contribution >= 0.6 is 0 Å². The average Bonchev–Trinajstić information content (AvgIpc) is 2.63. The second-order valence-electron chi connectivity index (χ2n) is 6.39. The molecule has 0 amide bonds. The van der Waals surface area contributed by atoms with Crippen LogP contribution in [-0.4, -0.2) is 32.2 Å². The van der Waals surface area contributed by atoms with Crippen LogP contribution < -0.4 is 4.74 Å². The lowest BCUT2D eigenvalue weighted by Crippen LogP contribution is -2.37. The van der Waals surface area contributed by atoms with Gasteiger partial charge in [-0.2, -0.15) is 8.78 Å². The van der Waals surface area contributed by atoms with Gasteiger partial charge in [0, 0.05) is 13.0 Å². The standard InChI is InChI=1S/C19H25F5O4/c1-3-5-10-26-15-9-6-12(11-27-15)28-19(23,24)13-7-8-14(25-4-2)16(17(13)20)18(21)22/h7-8,12,15,18H,3-6,9-11H2,1-2H3. The molecule has 2 unspecified atom stereocenters. The van der Waals surface area contributed by atoms with Crippen molar-refractivity contribution in [3.8, 4) is 5.75 Å². The van der Waals surface area contributed by atoms with Crippen molar-refractivity contribution in [2.24, 2.45) is 0 Å². The predicted octanol–water partition coefficient (Wildman–Crippen LogP) is 5.55. The van der Waals surface area contributed by atoms with Crippen LogP contribution in [0.1, 0.15) is 57.1 Å². The Kier molecular flexibility index (Phi) is 8.45. The van der Waals surface area contributed by atoms with Crippen LogP contribution in [0.4, 0.5) is 22.0 Å². The molecule has 1 aromatic carbocycles. The summed E-state index contributed by atoms with van der Waals surface area (Å²) in [6.07, 6.45) is -6.53. The van der Waals surface area contributed by atoms with E-state index in [0.717, 1.165) is 18.9 Å². The molecule has 1 heterocycles. The van der Waals surface area contributed by atoms with E-state index < -0.39 is 47.6 Å². The first-order valence-corrected chi connectivity index (χ1v) is 9.32. The van der Waals surface area contributed by atoms with Gasteiger partial charge in [0.1, 0.15) is 11.6 Å². The average molecular weight is 412 g/mol. The van der Waals surface area contributed by atoms with E-state index >= 15 is 0 Å². The molecular formula is C19H25F5O4. The SMILES string of the molecule is CCCCOC1CCC(OC(F)(F)c2ccc(OCC)c(C(F)F)c2F)CO1. The zero-order valence-electron chi connectivity index (χ0n) is 15.9. The summed E-state index contributed by atoms with van der Waals surface area (Å²) in [7, 11) is 0. The number of hydrogen-bond acceptors (Lipinski definition) is 4. The molecule has 1 aliphatic heterocycles. The van der Waals surface area contributed by atoms with Crippen LogP contribution in [0, 0.1) is 5.82 Å². The van der Waals surface area contributed by atoms with Crippen molar-refractivity contribution in [2.45, 2.75) is 64.5 Å². The minimum absolute atomic E-state index is 0.00763. The summed E-state index contributed by atoms with van der Waals surface area (Å²) in [5, 5.41) is 0. The van der Waals surface area contributed by atoms with Crippen molar-refractivity contribution < 1.29 is 40.9 Å². The van der Waals surface area contributed by atoms with Crippen molar-refractivity contribution in [3.05, 3.63) is 29.1 Å². The van der Waals surface area contributed by atoms with Gasteiger partial charge in [-0.1, -0.05) is 13.3 Å². The third-order valence-corrected chi connectivity index (χ3v) is 4.28. The Morgan fingerprint density at radius 1 is 1.21 bits per heavy atom. The quantitative estimate of drug-likeness (QED) is 0.373. The van der Waals surface area contributed by atoms with Crippen LogP contribution in [0.3, 0.4) is 0 Å². The van der Waals surface area contributed by atoms with E-state index in [0.29, 0.717) is 19.1 Å². The van der Waals surface area contributed by atoms with Gasteiger partial charge in [0.25, 0.3) is 6.43 Å². The van der Waals surface area contributed by atoms with Crippen LogP contribution in [0.25, 0.3) is 0 Å². The van der Waals surface area contributed by atoms with Gasteiger partial charge in [0.05, 0.1) is 30.4 Å². The predicted molar refractivity (Wildman–Crippen MR) is 91.1 cm³/mol. The molecule has 160 valence electrons. The molecule has 0 bridgehead atoms. The Morgan fingerprint density at radius 3 is 2.54 bits per heavy atom. The molecule has 0 N–H and O–H groups in total. The molecule has 0 radical (unpaired) electrons. The third kappa shape index (κ3) is 5.78. The summed E-state index contributed by atoms with van der Waals surface area (Å²) in [4.78, 5) is 0. The smallest absolute Gasteiger partial charge is 0.386 e. The highest BCUT2D eigenvalue weighted by Crippen LogP contribution is 2.40. The molecule has 1 aliphatic rings. The van der Waals surface area contributed by atoms with E-state index in [4.69, 9.17) is 18.9 Å². The van der Waals surface area contributed by atoms with Gasteiger partial charge in [0.2, 0.25) is 0 Å². The lowest BCUT2D eigenvalue weighted by Gasteiger charge is -2.31. The molecule has 0 spiro atoms. The van der Waals surface area contributed by atoms with Gasteiger partial charge in [-0.15, -0.1) is 0 Å². The normalized spacial score (nSPS) is 20.6. The van der Waals surface area contributed by atoms with Crippen LogP contribution in [0.2, 0.25) is 0 Å². The largest absolute Gasteiger partial charge is 0.493 e. The molecule has 28 heavy (non-hydrogen) atoms. The van der Waals surface area contributed by atoms with E-state index in [1.165, 1.54) is 6.92 Å². The maximum absolute atomic E-state index is 14.5. The van der Waals surface area contributed by atoms with E-state index in [9.17, 15) is 22.0 Å². The Balaban J connectivity index is 2.06. The Labute approximate surface area is 160 Å². The van der Waals surface area contributed by atoms with E-state index in [1.807, 2.05) is 6.92 Å². The molecule has 0 aromatic heterocycles. The highest BCUT2D eigenvalue weighted by atomic mass is 19.3. The molecule has 0 saturated carbocycles. The van der Waals surface area contributed by atoms with E-state index in [1.54, 1.807) is 0 Å². The monoisotopic (exact) mass is 412 g/mol. The van der Waals surface area contributed by atoms with E-state index in [2.05, 4.69) is 0 Å². The summed E-state index contributed by atoms with van der Waals surface area (Å²) in [6, 6.07) is 1.60. The maximum atomic E-state index is 14.5.